The normalized spacial score (nSPS) is 10.3. The summed E-state index contributed by atoms with van der Waals surface area (Å²) in [5.41, 5.74) is 7.57. The molecule has 2 rings (SSSR count). The van der Waals surface area contributed by atoms with Gasteiger partial charge in [0, 0.05) is 16.7 Å². The van der Waals surface area contributed by atoms with E-state index in [4.69, 9.17) is 5.73 Å². The van der Waals surface area contributed by atoms with Gasteiger partial charge in [0.2, 0.25) is 0 Å². The Morgan fingerprint density at radius 1 is 1.17 bits per heavy atom. The second kappa shape index (κ2) is 5.87. The van der Waals surface area contributed by atoms with Gasteiger partial charge < -0.3 is 11.1 Å². The van der Waals surface area contributed by atoms with Crippen LogP contribution in [0.15, 0.2) is 46.9 Å². The molecule has 0 aliphatic rings. The van der Waals surface area contributed by atoms with Gasteiger partial charge in [0.05, 0.1) is 5.69 Å². The van der Waals surface area contributed by atoms with Crippen LogP contribution in [-0.4, -0.2) is 6.54 Å². The molecule has 0 aliphatic carbocycles. The van der Waals surface area contributed by atoms with Gasteiger partial charge in [-0.25, -0.2) is 4.39 Å². The van der Waals surface area contributed by atoms with Gasteiger partial charge in [0.1, 0.15) is 5.82 Å². The minimum atomic E-state index is -0.387. The van der Waals surface area contributed by atoms with Crippen molar-refractivity contribution < 1.29 is 4.39 Å². The largest absolute Gasteiger partial charge is 0.396 e. The molecule has 18 heavy (non-hydrogen) atoms. The van der Waals surface area contributed by atoms with E-state index in [-0.39, 0.29) is 11.5 Å². The van der Waals surface area contributed by atoms with Crippen LogP contribution in [0.4, 0.5) is 15.8 Å². The summed E-state index contributed by atoms with van der Waals surface area (Å²) in [5, 5.41) is 3.17. The Balaban J connectivity index is 1.90. The van der Waals surface area contributed by atoms with Crippen LogP contribution in [0.2, 0.25) is 0 Å². The van der Waals surface area contributed by atoms with Crippen LogP contribution in [0.3, 0.4) is 0 Å². The number of hydrogen-bond acceptors (Lipinski definition) is 2. The molecule has 2 nitrogen and oxygen atoms in total. The molecule has 0 aliphatic heterocycles. The Morgan fingerprint density at radius 3 is 2.72 bits per heavy atom. The summed E-state index contributed by atoms with van der Waals surface area (Å²) in [6.07, 6.45) is 0.880. The number of nitrogens with one attached hydrogen (secondary N) is 1. The third-order valence-corrected chi connectivity index (χ3v) is 3.13. The van der Waals surface area contributed by atoms with Crippen LogP contribution in [0, 0.1) is 5.82 Å². The first kappa shape index (κ1) is 12.9. The predicted molar refractivity (Wildman–Crippen MR) is 77.1 cm³/mol. The van der Waals surface area contributed by atoms with E-state index in [2.05, 4.69) is 33.4 Å². The summed E-state index contributed by atoms with van der Waals surface area (Å²) in [6, 6.07) is 12.9. The average Bonchev–Trinajstić information content (AvgIpc) is 2.34. The zero-order valence-corrected chi connectivity index (χ0v) is 11.4. The summed E-state index contributed by atoms with van der Waals surface area (Å²) in [4.78, 5) is 0. The van der Waals surface area contributed by atoms with E-state index in [1.165, 1.54) is 11.6 Å². The molecule has 0 heterocycles. The first-order valence-electron chi connectivity index (χ1n) is 5.68. The maximum absolute atomic E-state index is 13.2. The highest BCUT2D eigenvalue weighted by atomic mass is 79.9. The average molecular weight is 309 g/mol. The highest BCUT2D eigenvalue weighted by molar-refractivity contribution is 9.10. The lowest BCUT2D eigenvalue weighted by molar-refractivity contribution is 0.633. The fourth-order valence-corrected chi connectivity index (χ4v) is 2.13. The van der Waals surface area contributed by atoms with E-state index in [1.54, 1.807) is 12.1 Å². The minimum absolute atomic E-state index is 0.174. The second-order valence-corrected chi connectivity index (χ2v) is 4.96. The van der Waals surface area contributed by atoms with Crippen molar-refractivity contribution in [1.29, 1.82) is 0 Å². The van der Waals surface area contributed by atoms with Gasteiger partial charge in [-0.1, -0.05) is 28.1 Å². The van der Waals surface area contributed by atoms with E-state index >= 15 is 0 Å². The van der Waals surface area contributed by atoms with Crippen molar-refractivity contribution in [2.45, 2.75) is 6.42 Å². The third kappa shape index (κ3) is 3.47. The molecule has 3 N–H and O–H groups in total. The first-order valence-corrected chi connectivity index (χ1v) is 6.48. The molecule has 0 aromatic heterocycles. The highest BCUT2D eigenvalue weighted by Gasteiger charge is 2.00. The molecule has 2 aromatic rings. The van der Waals surface area contributed by atoms with E-state index < -0.39 is 0 Å². The molecule has 0 spiro atoms. The van der Waals surface area contributed by atoms with Gasteiger partial charge in [-0.3, -0.25) is 0 Å². The third-order valence-electron chi connectivity index (χ3n) is 2.63. The zero-order chi connectivity index (χ0) is 13.0. The lowest BCUT2D eigenvalue weighted by atomic mass is 10.1. The molecule has 4 heteroatoms. The van der Waals surface area contributed by atoms with Crippen molar-refractivity contribution in [3.8, 4) is 0 Å². The van der Waals surface area contributed by atoms with Crippen LogP contribution in [0.1, 0.15) is 5.56 Å². The molecule has 0 saturated heterocycles. The number of benzene rings is 2. The molecular formula is C14H14BrFN2. The molecule has 94 valence electrons. The monoisotopic (exact) mass is 308 g/mol. The zero-order valence-electron chi connectivity index (χ0n) is 9.79. The number of rotatable bonds is 4. The van der Waals surface area contributed by atoms with Gasteiger partial charge in [-0.2, -0.15) is 0 Å². The van der Waals surface area contributed by atoms with Gasteiger partial charge in [0.15, 0.2) is 0 Å². The Hall–Kier alpha value is -1.55. The van der Waals surface area contributed by atoms with Gasteiger partial charge in [-0.15, -0.1) is 0 Å². The Labute approximate surface area is 114 Å². The Kier molecular flexibility index (Phi) is 4.20. The maximum atomic E-state index is 13.2. The second-order valence-electron chi connectivity index (χ2n) is 4.04. The van der Waals surface area contributed by atoms with Gasteiger partial charge >= 0.3 is 0 Å². The van der Waals surface area contributed by atoms with Crippen LogP contribution < -0.4 is 11.1 Å². The van der Waals surface area contributed by atoms with E-state index in [0.717, 1.165) is 23.1 Å². The van der Waals surface area contributed by atoms with Crippen molar-refractivity contribution >= 4 is 27.3 Å². The van der Waals surface area contributed by atoms with Crippen molar-refractivity contribution in [3.63, 3.8) is 0 Å². The van der Waals surface area contributed by atoms with E-state index in [9.17, 15) is 4.39 Å². The molecule has 0 saturated carbocycles. The van der Waals surface area contributed by atoms with E-state index in [0.29, 0.717) is 0 Å². The molecule has 2 aromatic carbocycles. The first-order chi connectivity index (χ1) is 8.65. The number of anilines is 2. The highest BCUT2D eigenvalue weighted by Crippen LogP contribution is 2.16. The smallest absolute Gasteiger partial charge is 0.148 e. The fourth-order valence-electron chi connectivity index (χ4n) is 1.68. The number of halogens is 2. The molecule has 0 radical (unpaired) electrons. The summed E-state index contributed by atoms with van der Waals surface area (Å²) in [5.74, 6) is -0.387. The number of nitrogens with two attached hydrogens (primary N) is 1. The quantitative estimate of drug-likeness (QED) is 0.843. The van der Waals surface area contributed by atoms with Gasteiger partial charge in [-0.05, 0) is 42.3 Å². The lowest BCUT2D eigenvalue weighted by Crippen LogP contribution is -2.05. The standard InChI is InChI=1S/C14H14BrFN2/c15-11-3-1-2-10(8-11)6-7-18-12-4-5-14(17)13(16)9-12/h1-5,8-9,18H,6-7,17H2. The molecule has 0 unspecified atom stereocenters. The Morgan fingerprint density at radius 2 is 2.00 bits per heavy atom. The van der Waals surface area contributed by atoms with Crippen molar-refractivity contribution in [3.05, 3.63) is 58.3 Å². The topological polar surface area (TPSA) is 38.0 Å². The minimum Gasteiger partial charge on any atom is -0.396 e. The number of nitrogen functional groups attached to an aromatic ring is 1. The SMILES string of the molecule is Nc1ccc(NCCc2cccc(Br)c2)cc1F. The van der Waals surface area contributed by atoms with Crippen molar-refractivity contribution in [1.82, 2.24) is 0 Å². The molecule has 0 atom stereocenters. The summed E-state index contributed by atoms with van der Waals surface area (Å²) < 4.78 is 14.3. The van der Waals surface area contributed by atoms with E-state index in [1.807, 2.05) is 12.1 Å². The maximum Gasteiger partial charge on any atom is 0.148 e. The molecule has 0 fully saturated rings. The molecular weight excluding hydrogens is 295 g/mol. The van der Waals surface area contributed by atoms with Crippen LogP contribution in [-0.2, 0) is 6.42 Å². The fraction of sp³-hybridized carbons (Fsp3) is 0.143. The number of hydrogen-bond donors (Lipinski definition) is 2. The van der Waals surface area contributed by atoms with Gasteiger partial charge in [0.25, 0.3) is 0 Å². The summed E-state index contributed by atoms with van der Waals surface area (Å²) >= 11 is 3.43. The lowest BCUT2D eigenvalue weighted by Gasteiger charge is -2.07. The van der Waals surface area contributed by atoms with Crippen LogP contribution in [0.25, 0.3) is 0 Å². The Bertz CT molecular complexity index is 543. The summed E-state index contributed by atoms with van der Waals surface area (Å²) in [6.45, 7) is 0.750. The summed E-state index contributed by atoms with van der Waals surface area (Å²) in [7, 11) is 0. The molecule has 0 amide bonds. The van der Waals surface area contributed by atoms with Crippen LogP contribution in [0.5, 0.6) is 0 Å². The van der Waals surface area contributed by atoms with Crippen LogP contribution >= 0.6 is 15.9 Å². The van der Waals surface area contributed by atoms with Crippen molar-refractivity contribution in [2.75, 3.05) is 17.6 Å². The van der Waals surface area contributed by atoms with Crippen molar-refractivity contribution in [2.24, 2.45) is 0 Å². The predicted octanol–water partition coefficient (Wildman–Crippen LogP) is 3.83. The molecule has 0 bridgehead atoms.